The van der Waals surface area contributed by atoms with E-state index in [1.54, 1.807) is 17.2 Å². The number of hydrogen-bond donors (Lipinski definition) is 1. The molecule has 0 bridgehead atoms. The van der Waals surface area contributed by atoms with E-state index in [4.69, 9.17) is 11.6 Å². The number of nitrogens with zero attached hydrogens (tertiary/aromatic N) is 2. The van der Waals surface area contributed by atoms with Crippen LogP contribution in [0.15, 0.2) is 46.5 Å². The van der Waals surface area contributed by atoms with Crippen molar-refractivity contribution in [2.24, 2.45) is 4.40 Å². The quantitative estimate of drug-likeness (QED) is 0.879. The number of carbonyl (C=O) groups is 1. The molecule has 120 valence electrons. The number of nitrogens with one attached hydrogen (secondary N) is 1. The van der Waals surface area contributed by atoms with Crippen LogP contribution in [-0.2, 0) is 14.8 Å². The lowest BCUT2D eigenvalue weighted by Crippen LogP contribution is -2.40. The summed E-state index contributed by atoms with van der Waals surface area (Å²) in [5.41, 5.74) is -0.00852. The van der Waals surface area contributed by atoms with Crippen LogP contribution in [0.3, 0.4) is 0 Å². The van der Waals surface area contributed by atoms with Gasteiger partial charge in [0, 0.05) is 17.8 Å². The molecule has 2 aliphatic heterocycles. The highest BCUT2D eigenvalue weighted by molar-refractivity contribution is 7.90. The molecule has 2 aliphatic rings. The van der Waals surface area contributed by atoms with Crippen molar-refractivity contribution in [1.29, 1.82) is 0 Å². The summed E-state index contributed by atoms with van der Waals surface area (Å²) >= 11 is 5.66. The van der Waals surface area contributed by atoms with Gasteiger partial charge in [0.15, 0.2) is 5.84 Å². The molecule has 0 aromatic heterocycles. The monoisotopic (exact) mass is 355 g/mol. The lowest BCUT2D eigenvalue weighted by molar-refractivity contribution is -0.112. The average Bonchev–Trinajstić information content (AvgIpc) is 2.48. The summed E-state index contributed by atoms with van der Waals surface area (Å²) in [6.45, 7) is 0.206. The van der Waals surface area contributed by atoms with Gasteiger partial charge in [-0.05, 0) is 30.4 Å². The summed E-state index contributed by atoms with van der Waals surface area (Å²) in [6, 6.07) is 3.83. The van der Waals surface area contributed by atoms with Crippen LogP contribution < -0.4 is 5.32 Å². The molecule has 1 amide bonds. The number of anilines is 1. The second-order valence-electron chi connectivity index (χ2n) is 4.89. The topological polar surface area (TPSA) is 78.8 Å². The van der Waals surface area contributed by atoms with E-state index in [0.29, 0.717) is 0 Å². The molecule has 3 rings (SSSR count). The Hall–Kier alpha value is -2.19. The summed E-state index contributed by atoms with van der Waals surface area (Å²) in [5.74, 6) is -1.43. The summed E-state index contributed by atoms with van der Waals surface area (Å²) in [7, 11) is -3.61. The Bertz CT molecular complexity index is 877. The second-order valence-corrected chi connectivity index (χ2v) is 7.09. The Kier molecular flexibility index (Phi) is 3.95. The minimum Gasteiger partial charge on any atom is -0.331 e. The molecule has 0 atom stereocenters. The minimum absolute atomic E-state index is 0.0330. The van der Waals surface area contributed by atoms with E-state index in [0.717, 1.165) is 6.07 Å². The van der Waals surface area contributed by atoms with Crippen molar-refractivity contribution >= 4 is 39.1 Å². The molecule has 1 aromatic carbocycles. The van der Waals surface area contributed by atoms with Gasteiger partial charge < -0.3 is 10.2 Å². The van der Waals surface area contributed by atoms with E-state index >= 15 is 0 Å². The first-order valence-electron chi connectivity index (χ1n) is 6.60. The highest BCUT2D eigenvalue weighted by Crippen LogP contribution is 2.22. The molecule has 1 N–H and O–H groups in total. The van der Waals surface area contributed by atoms with E-state index in [1.165, 1.54) is 18.2 Å². The summed E-state index contributed by atoms with van der Waals surface area (Å²) in [6.07, 6.45) is 4.66. The van der Waals surface area contributed by atoms with E-state index in [2.05, 4.69) is 9.71 Å². The largest absolute Gasteiger partial charge is 0.331 e. The van der Waals surface area contributed by atoms with Crippen LogP contribution in [0.4, 0.5) is 10.1 Å². The molecule has 0 saturated heterocycles. The van der Waals surface area contributed by atoms with Gasteiger partial charge in [0.25, 0.3) is 15.9 Å². The van der Waals surface area contributed by atoms with Crippen molar-refractivity contribution in [3.8, 4) is 0 Å². The molecule has 9 heteroatoms. The number of hydrogen-bond acceptors (Lipinski definition) is 4. The van der Waals surface area contributed by atoms with Crippen LogP contribution in [0, 0.1) is 5.82 Å². The van der Waals surface area contributed by atoms with Crippen molar-refractivity contribution < 1.29 is 17.6 Å². The zero-order valence-electron chi connectivity index (χ0n) is 11.7. The Morgan fingerprint density at radius 2 is 2.17 bits per heavy atom. The van der Waals surface area contributed by atoms with Gasteiger partial charge in [-0.3, -0.25) is 4.79 Å². The van der Waals surface area contributed by atoms with E-state index in [9.17, 15) is 17.6 Å². The second kappa shape index (κ2) is 5.78. The van der Waals surface area contributed by atoms with E-state index in [1.807, 2.05) is 0 Å². The lowest BCUT2D eigenvalue weighted by Gasteiger charge is -2.28. The van der Waals surface area contributed by atoms with E-state index < -0.39 is 21.7 Å². The van der Waals surface area contributed by atoms with Crippen LogP contribution in [0.1, 0.15) is 0 Å². The molecular weight excluding hydrogens is 345 g/mol. The highest BCUT2D eigenvalue weighted by atomic mass is 35.5. The van der Waals surface area contributed by atoms with Gasteiger partial charge in [0.2, 0.25) is 0 Å². The molecule has 6 nitrogen and oxygen atoms in total. The Balaban J connectivity index is 1.91. The standard InChI is InChI=1S/C14H11ClFN3O3S/c15-9-3-4-12(11(16)8-9)17-14(20)10-2-1-5-19-6-7-23(21,22)18-13(10)19/h1-5,8H,6-7H2,(H,17,20). The van der Waals surface area contributed by atoms with Crippen molar-refractivity contribution in [2.75, 3.05) is 17.6 Å². The van der Waals surface area contributed by atoms with Crippen LogP contribution in [-0.4, -0.2) is 37.4 Å². The van der Waals surface area contributed by atoms with Gasteiger partial charge in [-0.15, -0.1) is 4.40 Å². The maximum atomic E-state index is 13.8. The molecule has 2 heterocycles. The Morgan fingerprint density at radius 3 is 2.91 bits per heavy atom. The number of amidine groups is 1. The number of rotatable bonds is 2. The number of halogens is 2. The molecule has 0 radical (unpaired) electrons. The number of allylic oxidation sites excluding steroid dienone is 2. The van der Waals surface area contributed by atoms with Gasteiger partial charge in [-0.25, -0.2) is 12.8 Å². The minimum atomic E-state index is -3.61. The van der Waals surface area contributed by atoms with Gasteiger partial charge >= 0.3 is 0 Å². The molecular formula is C14H11ClFN3O3S. The third-order valence-electron chi connectivity index (χ3n) is 3.28. The summed E-state index contributed by atoms with van der Waals surface area (Å²) in [5, 5.41) is 2.59. The number of carbonyl (C=O) groups excluding carboxylic acids is 1. The van der Waals surface area contributed by atoms with E-state index in [-0.39, 0.29) is 34.4 Å². The van der Waals surface area contributed by atoms with Crippen molar-refractivity contribution in [1.82, 2.24) is 4.90 Å². The summed E-state index contributed by atoms with van der Waals surface area (Å²) in [4.78, 5) is 13.9. The van der Waals surface area contributed by atoms with Crippen LogP contribution in [0.5, 0.6) is 0 Å². The molecule has 0 aliphatic carbocycles. The van der Waals surface area contributed by atoms with Crippen molar-refractivity contribution in [3.05, 3.63) is 53.0 Å². The molecule has 0 unspecified atom stereocenters. The third kappa shape index (κ3) is 3.27. The normalized spacial score (nSPS) is 18.8. The molecule has 0 saturated carbocycles. The number of sulfonamides is 1. The smallest absolute Gasteiger partial charge is 0.259 e. The van der Waals surface area contributed by atoms with Gasteiger partial charge in [-0.1, -0.05) is 11.6 Å². The molecule has 1 aromatic rings. The first-order chi connectivity index (χ1) is 10.9. The summed E-state index contributed by atoms with van der Waals surface area (Å²) < 4.78 is 40.7. The highest BCUT2D eigenvalue weighted by Gasteiger charge is 2.30. The predicted molar refractivity (Wildman–Crippen MR) is 85.2 cm³/mol. The van der Waals surface area contributed by atoms with Gasteiger partial charge in [0.05, 0.1) is 17.0 Å². The maximum Gasteiger partial charge on any atom is 0.259 e. The number of amides is 1. The lowest BCUT2D eigenvalue weighted by atomic mass is 10.1. The number of fused-ring (bicyclic) bond motifs is 1. The van der Waals surface area contributed by atoms with Crippen molar-refractivity contribution in [3.63, 3.8) is 0 Å². The van der Waals surface area contributed by atoms with Gasteiger partial charge in [0.1, 0.15) is 5.82 Å². The maximum absolute atomic E-state index is 13.8. The Morgan fingerprint density at radius 1 is 1.39 bits per heavy atom. The zero-order valence-corrected chi connectivity index (χ0v) is 13.2. The third-order valence-corrected chi connectivity index (χ3v) is 4.67. The molecule has 0 spiro atoms. The van der Waals surface area contributed by atoms with Crippen molar-refractivity contribution in [2.45, 2.75) is 0 Å². The fraction of sp³-hybridized carbons (Fsp3) is 0.143. The van der Waals surface area contributed by atoms with Crippen LogP contribution in [0.2, 0.25) is 5.02 Å². The Labute approximate surface area is 137 Å². The van der Waals surface area contributed by atoms with Crippen LogP contribution in [0.25, 0.3) is 0 Å². The number of benzene rings is 1. The first-order valence-corrected chi connectivity index (χ1v) is 8.59. The SMILES string of the molecule is O=C(Nc1ccc(Cl)cc1F)C1=CC=CN2CCS(=O)(=O)N=C12. The van der Waals surface area contributed by atoms with Gasteiger partial charge in [-0.2, -0.15) is 0 Å². The average molecular weight is 356 g/mol. The molecule has 0 fully saturated rings. The van der Waals surface area contributed by atoms with Crippen LogP contribution >= 0.6 is 11.6 Å². The zero-order chi connectivity index (χ0) is 16.6. The fourth-order valence-corrected chi connectivity index (χ4v) is 3.32. The molecule has 23 heavy (non-hydrogen) atoms. The predicted octanol–water partition coefficient (Wildman–Crippen LogP) is 1.92. The fourth-order valence-electron chi connectivity index (χ4n) is 2.17. The first kappa shape index (κ1) is 15.7.